The largest absolute Gasteiger partial charge is 0.493 e. The van der Waals surface area contributed by atoms with Crippen LogP contribution in [-0.4, -0.2) is 11.7 Å². The molecule has 0 spiro atoms. The molecule has 1 aromatic rings. The number of hydrogen-bond acceptors (Lipinski definition) is 2. The Balaban J connectivity index is 2.81. The molecule has 0 amide bonds. The summed E-state index contributed by atoms with van der Waals surface area (Å²) in [5, 5.41) is 10.1. The first-order valence-corrected chi connectivity index (χ1v) is 5.24. The van der Waals surface area contributed by atoms with Crippen LogP contribution in [0.25, 0.3) is 0 Å². The van der Waals surface area contributed by atoms with E-state index in [1.165, 1.54) is 0 Å². The number of aliphatic hydroxyl groups is 1. The molecule has 1 atom stereocenters. The number of halogens is 1. The van der Waals surface area contributed by atoms with Gasteiger partial charge in [0.1, 0.15) is 5.75 Å². The minimum Gasteiger partial charge on any atom is -0.493 e. The van der Waals surface area contributed by atoms with Crippen LogP contribution in [0.3, 0.4) is 0 Å². The molecule has 0 aromatic heterocycles. The van der Waals surface area contributed by atoms with E-state index in [0.717, 1.165) is 6.42 Å². The van der Waals surface area contributed by atoms with E-state index in [1.54, 1.807) is 31.2 Å². The van der Waals surface area contributed by atoms with Gasteiger partial charge in [0.05, 0.1) is 12.7 Å². The third-order valence-corrected chi connectivity index (χ3v) is 2.24. The fraction of sp³-hybridized carbons (Fsp3) is 0.333. The second-order valence-electron chi connectivity index (χ2n) is 3.28. The maximum Gasteiger partial charge on any atom is 0.125 e. The Morgan fingerprint density at radius 3 is 2.93 bits per heavy atom. The fourth-order valence-electron chi connectivity index (χ4n) is 1.23. The van der Waals surface area contributed by atoms with Crippen molar-refractivity contribution in [2.75, 3.05) is 6.61 Å². The molecule has 3 heteroatoms. The number of rotatable bonds is 5. The predicted octanol–water partition coefficient (Wildman–Crippen LogP) is 3.35. The summed E-state index contributed by atoms with van der Waals surface area (Å²) < 4.78 is 5.50. The van der Waals surface area contributed by atoms with E-state index in [0.29, 0.717) is 22.9 Å². The van der Waals surface area contributed by atoms with Crippen LogP contribution < -0.4 is 4.74 Å². The zero-order valence-electron chi connectivity index (χ0n) is 8.74. The van der Waals surface area contributed by atoms with Gasteiger partial charge in [-0.3, -0.25) is 0 Å². The molecule has 82 valence electrons. The Kier molecular flexibility index (Phi) is 4.66. The maximum absolute atomic E-state index is 9.53. The van der Waals surface area contributed by atoms with Gasteiger partial charge in [0, 0.05) is 10.6 Å². The third kappa shape index (κ3) is 3.57. The summed E-state index contributed by atoms with van der Waals surface area (Å²) in [7, 11) is 0. The van der Waals surface area contributed by atoms with Crippen molar-refractivity contribution in [3.05, 3.63) is 41.4 Å². The molecule has 0 heterocycles. The van der Waals surface area contributed by atoms with Crippen LogP contribution in [0, 0.1) is 0 Å². The zero-order chi connectivity index (χ0) is 11.3. The Morgan fingerprint density at radius 2 is 2.33 bits per heavy atom. The molecule has 0 radical (unpaired) electrons. The van der Waals surface area contributed by atoms with E-state index in [1.807, 2.05) is 0 Å². The van der Waals surface area contributed by atoms with Gasteiger partial charge in [0.15, 0.2) is 0 Å². The molecule has 0 saturated carbocycles. The molecule has 0 bridgehead atoms. The lowest BCUT2D eigenvalue weighted by Crippen LogP contribution is -2.01. The first-order valence-electron chi connectivity index (χ1n) is 4.86. The molecular weight excluding hydrogens is 212 g/mol. The molecule has 0 aliphatic heterocycles. The molecule has 2 nitrogen and oxygen atoms in total. The highest BCUT2D eigenvalue weighted by atomic mass is 35.5. The first kappa shape index (κ1) is 12.1. The highest BCUT2D eigenvalue weighted by Crippen LogP contribution is 2.28. The SMILES string of the molecule is C=CCCOc1ccc(Cl)cc1[C@@H](C)O. The zero-order valence-corrected chi connectivity index (χ0v) is 9.50. The van der Waals surface area contributed by atoms with Crippen molar-refractivity contribution >= 4 is 11.6 Å². The second kappa shape index (κ2) is 5.79. The lowest BCUT2D eigenvalue weighted by molar-refractivity contribution is 0.191. The smallest absolute Gasteiger partial charge is 0.125 e. The summed E-state index contributed by atoms with van der Waals surface area (Å²) in [6.07, 6.45) is 1.99. The van der Waals surface area contributed by atoms with Gasteiger partial charge in [0.25, 0.3) is 0 Å². The summed E-state index contributed by atoms with van der Waals surface area (Å²) >= 11 is 5.84. The van der Waals surface area contributed by atoms with E-state index >= 15 is 0 Å². The molecule has 15 heavy (non-hydrogen) atoms. The van der Waals surface area contributed by atoms with Crippen molar-refractivity contribution in [1.82, 2.24) is 0 Å². The van der Waals surface area contributed by atoms with E-state index < -0.39 is 6.10 Å². The lowest BCUT2D eigenvalue weighted by atomic mass is 10.1. The molecule has 1 rings (SSSR count). The van der Waals surface area contributed by atoms with Gasteiger partial charge in [-0.2, -0.15) is 0 Å². The van der Waals surface area contributed by atoms with E-state index in [-0.39, 0.29) is 0 Å². The van der Waals surface area contributed by atoms with Gasteiger partial charge in [0.2, 0.25) is 0 Å². The molecule has 1 aromatic carbocycles. The number of ether oxygens (including phenoxy) is 1. The normalized spacial score (nSPS) is 12.2. The quantitative estimate of drug-likeness (QED) is 0.616. The Morgan fingerprint density at radius 1 is 1.60 bits per heavy atom. The molecule has 0 saturated heterocycles. The lowest BCUT2D eigenvalue weighted by Gasteiger charge is -2.13. The third-order valence-electron chi connectivity index (χ3n) is 2.00. The fourth-order valence-corrected chi connectivity index (χ4v) is 1.41. The van der Waals surface area contributed by atoms with Gasteiger partial charge in [-0.25, -0.2) is 0 Å². The Bertz CT molecular complexity index is 334. The van der Waals surface area contributed by atoms with Crippen LogP contribution >= 0.6 is 11.6 Å². The second-order valence-corrected chi connectivity index (χ2v) is 3.72. The number of benzene rings is 1. The van der Waals surface area contributed by atoms with Gasteiger partial charge in [-0.05, 0) is 31.5 Å². The number of hydrogen-bond donors (Lipinski definition) is 1. The van der Waals surface area contributed by atoms with Crippen LogP contribution in [0.1, 0.15) is 25.0 Å². The van der Waals surface area contributed by atoms with Crippen LogP contribution in [0.2, 0.25) is 5.02 Å². The summed E-state index contributed by atoms with van der Waals surface area (Å²) in [6, 6.07) is 5.24. The average Bonchev–Trinajstić information content (AvgIpc) is 2.20. The minimum atomic E-state index is -0.581. The average molecular weight is 227 g/mol. The van der Waals surface area contributed by atoms with E-state index in [9.17, 15) is 5.11 Å². The Labute approximate surface area is 95.1 Å². The molecular formula is C12H15ClO2. The molecule has 1 N–H and O–H groups in total. The summed E-state index contributed by atoms with van der Waals surface area (Å²) in [4.78, 5) is 0. The van der Waals surface area contributed by atoms with Crippen molar-refractivity contribution in [2.24, 2.45) is 0 Å². The van der Waals surface area contributed by atoms with Crippen molar-refractivity contribution in [2.45, 2.75) is 19.4 Å². The summed E-state index contributed by atoms with van der Waals surface area (Å²) in [6.45, 7) is 5.86. The van der Waals surface area contributed by atoms with Gasteiger partial charge in [-0.1, -0.05) is 17.7 Å². The van der Waals surface area contributed by atoms with Crippen LogP contribution in [0.4, 0.5) is 0 Å². The van der Waals surface area contributed by atoms with E-state index in [2.05, 4.69) is 6.58 Å². The van der Waals surface area contributed by atoms with Crippen LogP contribution in [0.5, 0.6) is 5.75 Å². The van der Waals surface area contributed by atoms with Crippen LogP contribution in [-0.2, 0) is 0 Å². The van der Waals surface area contributed by atoms with Crippen molar-refractivity contribution < 1.29 is 9.84 Å². The molecule has 0 aliphatic carbocycles. The van der Waals surface area contributed by atoms with E-state index in [4.69, 9.17) is 16.3 Å². The molecule has 0 aliphatic rings. The molecule has 0 unspecified atom stereocenters. The molecule has 0 fully saturated rings. The van der Waals surface area contributed by atoms with Crippen molar-refractivity contribution in [1.29, 1.82) is 0 Å². The summed E-state index contributed by atoms with van der Waals surface area (Å²) in [5.74, 6) is 0.677. The minimum absolute atomic E-state index is 0.560. The van der Waals surface area contributed by atoms with Gasteiger partial charge in [-0.15, -0.1) is 6.58 Å². The predicted molar refractivity (Wildman–Crippen MR) is 62.4 cm³/mol. The van der Waals surface area contributed by atoms with Crippen molar-refractivity contribution in [3.8, 4) is 5.75 Å². The highest BCUT2D eigenvalue weighted by molar-refractivity contribution is 6.30. The van der Waals surface area contributed by atoms with Crippen molar-refractivity contribution in [3.63, 3.8) is 0 Å². The maximum atomic E-state index is 9.53. The van der Waals surface area contributed by atoms with Gasteiger partial charge < -0.3 is 9.84 Å². The first-order chi connectivity index (χ1) is 7.15. The number of aliphatic hydroxyl groups excluding tert-OH is 1. The highest BCUT2D eigenvalue weighted by Gasteiger charge is 2.09. The summed E-state index contributed by atoms with van der Waals surface area (Å²) in [5.41, 5.74) is 0.714. The Hall–Kier alpha value is -0.990. The van der Waals surface area contributed by atoms with Gasteiger partial charge >= 0.3 is 0 Å². The van der Waals surface area contributed by atoms with Crippen LogP contribution in [0.15, 0.2) is 30.9 Å². The topological polar surface area (TPSA) is 29.5 Å². The monoisotopic (exact) mass is 226 g/mol. The standard InChI is InChI=1S/C12H15ClO2/c1-3-4-7-15-12-6-5-10(13)8-11(12)9(2)14/h3,5-6,8-9,14H,1,4,7H2,2H3/t9-/m1/s1.